The Kier molecular flexibility index (Phi) is 6.07. The average molecular weight is 425 g/mol. The Morgan fingerprint density at radius 1 is 1.25 bits per heavy atom. The van der Waals surface area contributed by atoms with Crippen LogP contribution in [0.4, 0.5) is 17.1 Å². The van der Waals surface area contributed by atoms with E-state index in [2.05, 4.69) is 20.5 Å². The number of aromatic nitrogens is 1. The van der Waals surface area contributed by atoms with E-state index in [0.29, 0.717) is 29.6 Å². The largest absolute Gasteiger partial charge is 0.353 e. The molecule has 8 nitrogen and oxygen atoms in total. The predicted octanol–water partition coefficient (Wildman–Crippen LogP) is 3.41. The second kappa shape index (κ2) is 8.34. The molecule has 28 heavy (non-hydrogen) atoms. The molecular weight excluding hydrogens is 404 g/mol. The molecule has 3 rings (SSSR count). The average Bonchev–Trinajstić information content (AvgIpc) is 3.45. The maximum absolute atomic E-state index is 12.3. The summed E-state index contributed by atoms with van der Waals surface area (Å²) in [6.45, 7) is 2.05. The second-order valence-electron chi connectivity index (χ2n) is 6.50. The van der Waals surface area contributed by atoms with E-state index in [4.69, 9.17) is 16.4 Å². The Labute approximate surface area is 168 Å². The van der Waals surface area contributed by atoms with Gasteiger partial charge in [-0.3, -0.25) is 14.4 Å². The molecule has 2 aromatic rings. The van der Waals surface area contributed by atoms with Crippen LogP contribution in [-0.4, -0.2) is 32.2 Å². The van der Waals surface area contributed by atoms with Gasteiger partial charge in [-0.05, 0) is 49.4 Å². The van der Waals surface area contributed by atoms with Crippen molar-refractivity contribution in [3.8, 4) is 0 Å². The lowest BCUT2D eigenvalue weighted by molar-refractivity contribution is 0.0365. The second-order valence-corrected chi connectivity index (χ2v) is 8.63. The molecule has 1 aromatic carbocycles. The molecule has 0 radical (unpaired) electrons. The highest BCUT2D eigenvalue weighted by Crippen LogP contribution is 2.42. The molecule has 0 spiro atoms. The monoisotopic (exact) mass is 424 g/mol. The van der Waals surface area contributed by atoms with E-state index in [1.807, 2.05) is 12.1 Å². The number of rotatable bonds is 8. The van der Waals surface area contributed by atoms with Crippen LogP contribution in [0.1, 0.15) is 41.6 Å². The number of hydrogen-bond donors (Lipinski definition) is 3. The van der Waals surface area contributed by atoms with Crippen LogP contribution in [-0.2, 0) is 14.9 Å². The smallest absolute Gasteiger partial charge is 0.278 e. The van der Waals surface area contributed by atoms with Gasteiger partial charge >= 0.3 is 0 Å². The molecule has 1 aromatic heterocycles. The highest BCUT2D eigenvalue weighted by Gasteiger charge is 2.25. The van der Waals surface area contributed by atoms with Gasteiger partial charge in [0.05, 0.1) is 35.5 Å². The number of carbonyl (C=O) groups excluding carboxylic acids is 1. The summed E-state index contributed by atoms with van der Waals surface area (Å²) < 4.78 is 26.1. The van der Waals surface area contributed by atoms with E-state index >= 15 is 0 Å². The van der Waals surface area contributed by atoms with Crippen molar-refractivity contribution in [1.29, 1.82) is 0 Å². The van der Waals surface area contributed by atoms with Gasteiger partial charge in [-0.2, -0.15) is 0 Å². The maximum Gasteiger partial charge on any atom is 0.278 e. The van der Waals surface area contributed by atoms with E-state index < -0.39 is 15.9 Å². The van der Waals surface area contributed by atoms with E-state index in [9.17, 15) is 13.2 Å². The Morgan fingerprint density at radius 3 is 2.64 bits per heavy atom. The Balaban J connectivity index is 1.96. The van der Waals surface area contributed by atoms with Gasteiger partial charge in [-0.25, -0.2) is 18.9 Å². The van der Waals surface area contributed by atoms with Crippen molar-refractivity contribution < 1.29 is 18.0 Å². The molecule has 0 saturated heterocycles. The van der Waals surface area contributed by atoms with Crippen molar-refractivity contribution >= 4 is 44.6 Å². The summed E-state index contributed by atoms with van der Waals surface area (Å²) in [5.41, 5.74) is 4.83. The molecule has 1 fully saturated rings. The van der Waals surface area contributed by atoms with Crippen LogP contribution in [0.15, 0.2) is 30.5 Å². The van der Waals surface area contributed by atoms with Crippen molar-refractivity contribution in [2.45, 2.75) is 25.7 Å². The minimum Gasteiger partial charge on any atom is -0.353 e. The number of hydroxylamine groups is 1. The van der Waals surface area contributed by atoms with Gasteiger partial charge in [0, 0.05) is 6.20 Å². The summed E-state index contributed by atoms with van der Waals surface area (Å²) in [6, 6.07) is 7.02. The first kappa shape index (κ1) is 20.4. The van der Waals surface area contributed by atoms with Gasteiger partial charge in [0.25, 0.3) is 5.91 Å². The topological polar surface area (TPSA) is 109 Å². The van der Waals surface area contributed by atoms with E-state index in [1.165, 1.54) is 12.3 Å². The summed E-state index contributed by atoms with van der Waals surface area (Å²) >= 11 is 5.99. The zero-order chi connectivity index (χ0) is 20.3. The molecule has 1 heterocycles. The number of sulfonamides is 1. The molecule has 0 aliphatic heterocycles. The van der Waals surface area contributed by atoms with Crippen molar-refractivity contribution in [2.75, 3.05) is 22.9 Å². The number of nitrogens with one attached hydrogen (secondary N) is 3. The molecule has 10 heteroatoms. The van der Waals surface area contributed by atoms with Gasteiger partial charge in [0.1, 0.15) is 5.15 Å². The quantitative estimate of drug-likeness (QED) is 0.442. The summed E-state index contributed by atoms with van der Waals surface area (Å²) in [5.74, 6) is -0.0437. The first-order chi connectivity index (χ1) is 13.3. The lowest BCUT2D eigenvalue weighted by Gasteiger charge is -2.17. The standard InChI is InChI=1S/C18H21ClN4O4S/c1-3-27-22-18(24)13-10-20-17(19)9-15(13)21-14-7-6-12(11-4-5-11)8-16(14)23-28(2,25)26/h6-11,23H,3-5H2,1-2H3,(H,20,21)(H,22,24). The molecule has 3 N–H and O–H groups in total. The third kappa shape index (κ3) is 5.34. The summed E-state index contributed by atoms with van der Waals surface area (Å²) in [4.78, 5) is 21.2. The van der Waals surface area contributed by atoms with Crippen LogP contribution >= 0.6 is 11.6 Å². The Bertz CT molecular complexity index is 993. The molecule has 0 unspecified atom stereocenters. The highest BCUT2D eigenvalue weighted by atomic mass is 35.5. The maximum atomic E-state index is 12.3. The minimum absolute atomic E-state index is 0.183. The highest BCUT2D eigenvalue weighted by molar-refractivity contribution is 7.92. The zero-order valence-corrected chi connectivity index (χ0v) is 17.0. The number of carbonyl (C=O) groups is 1. The van der Waals surface area contributed by atoms with Crippen LogP contribution in [0.25, 0.3) is 0 Å². The fourth-order valence-corrected chi connectivity index (χ4v) is 3.40. The van der Waals surface area contributed by atoms with Crippen LogP contribution in [0.5, 0.6) is 0 Å². The first-order valence-corrected chi connectivity index (χ1v) is 11.0. The molecule has 1 saturated carbocycles. The zero-order valence-electron chi connectivity index (χ0n) is 15.5. The minimum atomic E-state index is -3.49. The predicted molar refractivity (Wildman–Crippen MR) is 109 cm³/mol. The Morgan fingerprint density at radius 2 is 2.00 bits per heavy atom. The van der Waals surface area contributed by atoms with Gasteiger partial charge in [-0.1, -0.05) is 17.7 Å². The van der Waals surface area contributed by atoms with Crippen LogP contribution in [0.3, 0.4) is 0 Å². The van der Waals surface area contributed by atoms with Crippen molar-refractivity contribution in [1.82, 2.24) is 10.5 Å². The van der Waals surface area contributed by atoms with Crippen LogP contribution in [0.2, 0.25) is 5.15 Å². The van der Waals surface area contributed by atoms with Gasteiger partial charge in [-0.15, -0.1) is 0 Å². The lowest BCUT2D eigenvalue weighted by Crippen LogP contribution is -2.24. The molecule has 0 atom stereocenters. The van der Waals surface area contributed by atoms with Crippen LogP contribution < -0.4 is 15.5 Å². The molecule has 1 amide bonds. The van der Waals surface area contributed by atoms with Crippen LogP contribution in [0, 0.1) is 0 Å². The SMILES string of the molecule is CCONC(=O)c1cnc(Cl)cc1Nc1ccc(C2CC2)cc1NS(C)(=O)=O. The lowest BCUT2D eigenvalue weighted by atomic mass is 10.1. The molecular formula is C18H21ClN4O4S. The van der Waals surface area contributed by atoms with E-state index in [1.54, 1.807) is 13.0 Å². The van der Waals surface area contributed by atoms with E-state index in [0.717, 1.165) is 24.7 Å². The van der Waals surface area contributed by atoms with E-state index in [-0.39, 0.29) is 10.7 Å². The molecule has 0 bridgehead atoms. The first-order valence-electron chi connectivity index (χ1n) is 8.73. The molecule has 1 aliphatic carbocycles. The number of nitrogens with zero attached hydrogens (tertiary/aromatic N) is 1. The number of anilines is 3. The number of hydrogen-bond acceptors (Lipinski definition) is 6. The molecule has 150 valence electrons. The fraction of sp³-hybridized carbons (Fsp3) is 0.333. The number of amides is 1. The number of halogens is 1. The van der Waals surface area contributed by atoms with Crippen molar-refractivity contribution in [2.24, 2.45) is 0 Å². The third-order valence-corrected chi connectivity index (χ3v) is 4.88. The fourth-order valence-electron chi connectivity index (χ4n) is 2.68. The normalized spacial score (nSPS) is 13.8. The number of benzene rings is 1. The summed E-state index contributed by atoms with van der Waals surface area (Å²) in [7, 11) is -3.49. The third-order valence-electron chi connectivity index (χ3n) is 4.08. The Hall–Kier alpha value is -2.36. The molecule has 1 aliphatic rings. The number of pyridine rings is 1. The van der Waals surface area contributed by atoms with Crippen molar-refractivity contribution in [3.63, 3.8) is 0 Å². The van der Waals surface area contributed by atoms with Crippen molar-refractivity contribution in [3.05, 3.63) is 46.7 Å². The summed E-state index contributed by atoms with van der Waals surface area (Å²) in [5, 5.41) is 3.26. The van der Waals surface area contributed by atoms with Gasteiger partial charge < -0.3 is 5.32 Å². The van der Waals surface area contributed by atoms with Gasteiger partial charge in [0.2, 0.25) is 10.0 Å². The summed E-state index contributed by atoms with van der Waals surface area (Å²) in [6.07, 6.45) is 4.59. The van der Waals surface area contributed by atoms with Gasteiger partial charge in [0.15, 0.2) is 0 Å².